The first-order chi connectivity index (χ1) is 15.3. The lowest BCUT2D eigenvalue weighted by Gasteiger charge is -2.12. The van der Waals surface area contributed by atoms with E-state index in [4.69, 9.17) is 5.11 Å². The summed E-state index contributed by atoms with van der Waals surface area (Å²) in [5, 5.41) is 9.16. The normalized spacial score (nSPS) is 11.8. The third-order valence-corrected chi connectivity index (χ3v) is 5.59. The second kappa shape index (κ2) is 8.07. The predicted octanol–water partition coefficient (Wildman–Crippen LogP) is -1.88. The highest BCUT2D eigenvalue weighted by Gasteiger charge is 2.18. The Labute approximate surface area is 180 Å². The van der Waals surface area contributed by atoms with Crippen LogP contribution in [0.1, 0.15) is 12.8 Å². The van der Waals surface area contributed by atoms with Crippen molar-refractivity contribution >= 4 is 22.3 Å². The van der Waals surface area contributed by atoms with Gasteiger partial charge in [-0.3, -0.25) is 27.9 Å². The minimum Gasteiger partial charge on any atom is -0.396 e. The summed E-state index contributed by atoms with van der Waals surface area (Å²) < 4.78 is 7.92. The SMILES string of the molecule is Cn1cnc2c1c(=O)n(CCCn1c(=O)c3c(ncn3C)n(CCCO)c1=O)c(=O)n2C. The molecule has 4 aromatic heterocycles. The van der Waals surface area contributed by atoms with Crippen molar-refractivity contribution in [2.24, 2.45) is 21.1 Å². The Bertz CT molecular complexity index is 1560. The number of nitrogens with zero attached hydrogens (tertiary/aromatic N) is 8. The molecule has 0 aromatic carbocycles. The third kappa shape index (κ3) is 3.21. The molecule has 0 fully saturated rings. The number of aliphatic hydroxyl groups is 1. The molecule has 0 amide bonds. The Kier molecular flexibility index (Phi) is 5.42. The molecule has 13 nitrogen and oxygen atoms in total. The number of rotatable bonds is 7. The first-order valence-electron chi connectivity index (χ1n) is 10.1. The summed E-state index contributed by atoms with van der Waals surface area (Å²) in [5.41, 5.74) is -0.903. The molecule has 0 saturated carbocycles. The summed E-state index contributed by atoms with van der Waals surface area (Å²) in [7, 11) is 4.87. The Balaban J connectivity index is 1.72. The molecule has 0 saturated heterocycles. The molecule has 0 atom stereocenters. The van der Waals surface area contributed by atoms with Crippen molar-refractivity contribution in [3.63, 3.8) is 0 Å². The second-order valence-electron chi connectivity index (χ2n) is 7.68. The molecule has 4 aromatic rings. The van der Waals surface area contributed by atoms with E-state index in [1.807, 2.05) is 0 Å². The molecule has 13 heteroatoms. The summed E-state index contributed by atoms with van der Waals surface area (Å²) in [4.78, 5) is 59.7. The van der Waals surface area contributed by atoms with Crippen molar-refractivity contribution in [1.29, 1.82) is 0 Å². The molecule has 170 valence electrons. The number of imidazole rings is 2. The molecule has 32 heavy (non-hydrogen) atoms. The molecule has 0 radical (unpaired) electrons. The minimum atomic E-state index is -0.544. The van der Waals surface area contributed by atoms with Gasteiger partial charge in [0.2, 0.25) is 0 Å². The summed E-state index contributed by atoms with van der Waals surface area (Å²) in [6.07, 6.45) is 3.46. The predicted molar refractivity (Wildman–Crippen MR) is 116 cm³/mol. The first-order valence-corrected chi connectivity index (χ1v) is 10.1. The standard InChI is InChI=1S/C19H24N8O5/c1-22-10-20-14-12(22)16(29)26(18(31)24(14)3)6-4-7-27-17(30)13-15(21-11-23(13)2)25(19(27)32)8-5-9-28/h10-11,28H,4-9H2,1-3H3. The van der Waals surface area contributed by atoms with Gasteiger partial charge in [-0.15, -0.1) is 0 Å². The highest BCUT2D eigenvalue weighted by Crippen LogP contribution is 2.06. The quantitative estimate of drug-likeness (QED) is 0.351. The van der Waals surface area contributed by atoms with Crippen molar-refractivity contribution in [3.05, 3.63) is 54.3 Å². The van der Waals surface area contributed by atoms with E-state index in [0.29, 0.717) is 17.6 Å². The van der Waals surface area contributed by atoms with Gasteiger partial charge in [-0.05, 0) is 12.8 Å². The summed E-state index contributed by atoms with van der Waals surface area (Å²) in [6.45, 7) is 0.137. The zero-order valence-electron chi connectivity index (χ0n) is 18.1. The fraction of sp³-hybridized carbons (Fsp3) is 0.474. The number of hydrogen-bond acceptors (Lipinski definition) is 7. The zero-order valence-corrected chi connectivity index (χ0v) is 18.1. The van der Waals surface area contributed by atoms with Crippen LogP contribution in [-0.2, 0) is 40.8 Å². The Morgan fingerprint density at radius 3 is 1.81 bits per heavy atom. The van der Waals surface area contributed by atoms with E-state index in [9.17, 15) is 19.2 Å². The minimum absolute atomic E-state index is 0.0108. The van der Waals surface area contributed by atoms with Gasteiger partial charge in [-0.1, -0.05) is 0 Å². The average Bonchev–Trinajstić information content (AvgIpc) is 3.34. The van der Waals surface area contributed by atoms with Crippen LogP contribution < -0.4 is 22.5 Å². The van der Waals surface area contributed by atoms with Gasteiger partial charge in [0.1, 0.15) is 0 Å². The van der Waals surface area contributed by atoms with Crippen molar-refractivity contribution in [2.75, 3.05) is 6.61 Å². The van der Waals surface area contributed by atoms with Crippen LogP contribution in [0, 0.1) is 0 Å². The monoisotopic (exact) mass is 444 g/mol. The smallest absolute Gasteiger partial charge is 0.332 e. The molecular formula is C19H24N8O5. The molecule has 0 bridgehead atoms. The van der Waals surface area contributed by atoms with Crippen LogP contribution in [0.15, 0.2) is 31.8 Å². The highest BCUT2D eigenvalue weighted by molar-refractivity contribution is 5.70. The van der Waals surface area contributed by atoms with Gasteiger partial charge in [0.25, 0.3) is 11.1 Å². The van der Waals surface area contributed by atoms with Gasteiger partial charge in [0, 0.05) is 47.4 Å². The van der Waals surface area contributed by atoms with E-state index in [1.54, 1.807) is 23.2 Å². The van der Waals surface area contributed by atoms with Gasteiger partial charge >= 0.3 is 11.4 Å². The van der Waals surface area contributed by atoms with E-state index in [1.165, 1.54) is 28.8 Å². The van der Waals surface area contributed by atoms with E-state index >= 15 is 0 Å². The van der Waals surface area contributed by atoms with Gasteiger partial charge in [0.05, 0.1) is 12.7 Å². The number of aliphatic hydroxyl groups excluding tert-OH is 1. The maximum absolute atomic E-state index is 13.0. The molecule has 0 spiro atoms. The molecule has 0 unspecified atom stereocenters. The highest BCUT2D eigenvalue weighted by atomic mass is 16.3. The first kappa shape index (κ1) is 21.5. The van der Waals surface area contributed by atoms with Crippen LogP contribution in [0.2, 0.25) is 0 Å². The van der Waals surface area contributed by atoms with Crippen molar-refractivity contribution < 1.29 is 5.11 Å². The van der Waals surface area contributed by atoms with E-state index < -0.39 is 22.5 Å². The lowest BCUT2D eigenvalue weighted by Crippen LogP contribution is -2.42. The average molecular weight is 444 g/mol. The van der Waals surface area contributed by atoms with Crippen LogP contribution in [0.4, 0.5) is 0 Å². The molecule has 0 aliphatic rings. The maximum Gasteiger partial charge on any atom is 0.332 e. The largest absolute Gasteiger partial charge is 0.396 e. The van der Waals surface area contributed by atoms with E-state index in [0.717, 1.165) is 9.13 Å². The fourth-order valence-corrected chi connectivity index (χ4v) is 3.92. The lowest BCUT2D eigenvalue weighted by atomic mass is 10.3. The number of aromatic nitrogens is 8. The maximum atomic E-state index is 13.0. The number of hydrogen-bond donors (Lipinski definition) is 1. The van der Waals surface area contributed by atoms with Gasteiger partial charge in [-0.2, -0.15) is 0 Å². The number of aryl methyl sites for hydroxylation is 4. The second-order valence-corrected chi connectivity index (χ2v) is 7.68. The van der Waals surface area contributed by atoms with Crippen molar-refractivity contribution in [3.8, 4) is 0 Å². The Morgan fingerprint density at radius 1 is 0.719 bits per heavy atom. The van der Waals surface area contributed by atoms with Gasteiger partial charge in [0.15, 0.2) is 22.3 Å². The van der Waals surface area contributed by atoms with Crippen LogP contribution in [0.3, 0.4) is 0 Å². The third-order valence-electron chi connectivity index (χ3n) is 5.59. The molecule has 4 heterocycles. The summed E-state index contributed by atoms with van der Waals surface area (Å²) >= 11 is 0. The summed E-state index contributed by atoms with van der Waals surface area (Å²) in [5.74, 6) is 0. The van der Waals surface area contributed by atoms with Crippen LogP contribution in [-0.4, -0.2) is 49.1 Å². The van der Waals surface area contributed by atoms with Crippen molar-refractivity contribution in [2.45, 2.75) is 32.5 Å². The van der Waals surface area contributed by atoms with E-state index in [-0.39, 0.29) is 43.8 Å². The molecule has 0 aliphatic carbocycles. The van der Waals surface area contributed by atoms with Crippen LogP contribution in [0.5, 0.6) is 0 Å². The number of fused-ring (bicyclic) bond motifs is 2. The molecule has 0 aliphatic heterocycles. The lowest BCUT2D eigenvalue weighted by molar-refractivity contribution is 0.278. The van der Waals surface area contributed by atoms with Gasteiger partial charge in [-0.25, -0.2) is 19.6 Å². The zero-order chi connectivity index (χ0) is 23.2. The van der Waals surface area contributed by atoms with Crippen LogP contribution in [0.25, 0.3) is 22.3 Å². The van der Waals surface area contributed by atoms with Crippen molar-refractivity contribution in [1.82, 2.24) is 37.4 Å². The molecular weight excluding hydrogens is 420 g/mol. The summed E-state index contributed by atoms with van der Waals surface area (Å²) in [6, 6.07) is 0. The molecule has 1 N–H and O–H groups in total. The molecule has 4 rings (SSSR count). The van der Waals surface area contributed by atoms with Crippen LogP contribution >= 0.6 is 0 Å². The topological polar surface area (TPSA) is 144 Å². The van der Waals surface area contributed by atoms with E-state index in [2.05, 4.69) is 9.97 Å². The Hall–Kier alpha value is -3.74. The fourth-order valence-electron chi connectivity index (χ4n) is 3.92. The van der Waals surface area contributed by atoms with Gasteiger partial charge < -0.3 is 14.2 Å². The Morgan fingerprint density at radius 2 is 1.22 bits per heavy atom.